The summed E-state index contributed by atoms with van der Waals surface area (Å²) in [5, 5.41) is 3.47. The Morgan fingerprint density at radius 1 is 1.50 bits per heavy atom. The fraction of sp³-hybridized carbons (Fsp3) is 0.583. The highest BCUT2D eigenvalue weighted by Crippen LogP contribution is 2.31. The summed E-state index contributed by atoms with van der Waals surface area (Å²) in [6.07, 6.45) is 3.22. The molecule has 1 aromatic rings. The quantitative estimate of drug-likeness (QED) is 0.853. The van der Waals surface area contributed by atoms with Gasteiger partial charge in [-0.25, -0.2) is 4.98 Å². The van der Waals surface area contributed by atoms with Crippen LogP contribution in [-0.2, 0) is 0 Å². The molecule has 3 rings (SSSR count). The first-order chi connectivity index (χ1) is 7.75. The second kappa shape index (κ2) is 4.00. The Hall–Kier alpha value is -0.610. The molecule has 0 unspecified atom stereocenters. The molecule has 2 aliphatic heterocycles. The van der Waals surface area contributed by atoms with E-state index in [1.165, 1.54) is 18.5 Å². The third kappa shape index (κ3) is 1.64. The van der Waals surface area contributed by atoms with E-state index in [4.69, 9.17) is 0 Å². The number of rotatable bonds is 1. The summed E-state index contributed by atoms with van der Waals surface area (Å²) >= 11 is 3.50. The smallest absolute Gasteiger partial charge is 0.129 e. The molecule has 16 heavy (non-hydrogen) atoms. The Balaban J connectivity index is 1.89. The molecule has 2 aliphatic rings. The molecule has 0 amide bonds. The van der Waals surface area contributed by atoms with E-state index >= 15 is 0 Å². The highest BCUT2D eigenvalue weighted by molar-refractivity contribution is 9.10. The first-order valence-corrected chi connectivity index (χ1v) is 6.64. The van der Waals surface area contributed by atoms with Crippen LogP contribution in [0.4, 0.5) is 5.82 Å². The molecule has 0 bridgehead atoms. The summed E-state index contributed by atoms with van der Waals surface area (Å²) in [5.74, 6) is 1.96. The van der Waals surface area contributed by atoms with Crippen LogP contribution in [0, 0.1) is 12.8 Å². The van der Waals surface area contributed by atoms with E-state index < -0.39 is 0 Å². The minimum absolute atomic E-state index is 0.660. The maximum absolute atomic E-state index is 4.53. The second-order valence-electron chi connectivity index (χ2n) is 4.76. The lowest BCUT2D eigenvalue weighted by molar-refractivity contribution is 0.577. The van der Waals surface area contributed by atoms with Crippen molar-refractivity contribution in [1.82, 2.24) is 10.3 Å². The molecule has 0 radical (unpaired) electrons. The van der Waals surface area contributed by atoms with Crippen LogP contribution in [0.3, 0.4) is 0 Å². The van der Waals surface area contributed by atoms with Crippen molar-refractivity contribution < 1.29 is 0 Å². The average Bonchev–Trinajstić information content (AvgIpc) is 2.83. The predicted octanol–water partition coefficient (Wildman–Crippen LogP) is 1.95. The lowest BCUT2D eigenvalue weighted by atomic mass is 10.1. The Morgan fingerprint density at radius 3 is 3.19 bits per heavy atom. The van der Waals surface area contributed by atoms with Crippen molar-refractivity contribution in [1.29, 1.82) is 0 Å². The van der Waals surface area contributed by atoms with E-state index in [0.717, 1.165) is 29.3 Å². The third-order valence-corrected chi connectivity index (χ3v) is 4.60. The molecular weight excluding hydrogens is 266 g/mol. The Bertz CT molecular complexity index is 407. The maximum Gasteiger partial charge on any atom is 0.129 e. The average molecular weight is 282 g/mol. The number of hydrogen-bond acceptors (Lipinski definition) is 3. The standard InChI is InChI=1S/C12H16BrN3/c1-8-4-12(15-6-10(8)13)16-3-2-9-5-14-7-11(9)16/h4,6,9,11,14H,2-3,5,7H2,1H3/t9-,11+/m0/s1. The fourth-order valence-corrected chi connectivity index (χ4v) is 3.03. The lowest BCUT2D eigenvalue weighted by Crippen LogP contribution is -2.34. The second-order valence-corrected chi connectivity index (χ2v) is 5.61. The van der Waals surface area contributed by atoms with Crippen LogP contribution in [0.2, 0.25) is 0 Å². The molecule has 1 aromatic heterocycles. The summed E-state index contributed by atoms with van der Waals surface area (Å²) in [6, 6.07) is 2.85. The third-order valence-electron chi connectivity index (χ3n) is 3.77. The van der Waals surface area contributed by atoms with Gasteiger partial charge in [0.2, 0.25) is 0 Å². The summed E-state index contributed by atoms with van der Waals surface area (Å²) < 4.78 is 1.09. The first-order valence-electron chi connectivity index (χ1n) is 5.85. The zero-order chi connectivity index (χ0) is 11.1. The zero-order valence-corrected chi connectivity index (χ0v) is 11.0. The van der Waals surface area contributed by atoms with Crippen molar-refractivity contribution in [3.63, 3.8) is 0 Å². The largest absolute Gasteiger partial charge is 0.352 e. The summed E-state index contributed by atoms with van der Waals surface area (Å²) in [7, 11) is 0. The van der Waals surface area contributed by atoms with Crippen molar-refractivity contribution in [2.45, 2.75) is 19.4 Å². The van der Waals surface area contributed by atoms with E-state index in [0.29, 0.717) is 6.04 Å². The number of aromatic nitrogens is 1. The monoisotopic (exact) mass is 281 g/mol. The molecule has 2 fully saturated rings. The van der Waals surface area contributed by atoms with Crippen LogP contribution < -0.4 is 10.2 Å². The molecule has 0 aliphatic carbocycles. The van der Waals surface area contributed by atoms with Gasteiger partial charge in [0.1, 0.15) is 5.82 Å². The van der Waals surface area contributed by atoms with Gasteiger partial charge in [-0.2, -0.15) is 0 Å². The van der Waals surface area contributed by atoms with Crippen LogP contribution >= 0.6 is 15.9 Å². The van der Waals surface area contributed by atoms with Crippen molar-refractivity contribution in [3.05, 3.63) is 22.3 Å². The topological polar surface area (TPSA) is 28.2 Å². The van der Waals surface area contributed by atoms with Gasteiger partial charge in [0.15, 0.2) is 0 Å². The summed E-state index contributed by atoms with van der Waals surface area (Å²) in [6.45, 7) is 5.57. The molecule has 3 heterocycles. The van der Waals surface area contributed by atoms with E-state index in [2.05, 4.69) is 44.1 Å². The molecule has 3 nitrogen and oxygen atoms in total. The van der Waals surface area contributed by atoms with Crippen molar-refractivity contribution >= 4 is 21.7 Å². The number of fused-ring (bicyclic) bond motifs is 1. The van der Waals surface area contributed by atoms with Crippen LogP contribution in [0.5, 0.6) is 0 Å². The van der Waals surface area contributed by atoms with Crippen molar-refractivity contribution in [2.75, 3.05) is 24.5 Å². The van der Waals surface area contributed by atoms with Crippen LogP contribution in [0.25, 0.3) is 0 Å². The van der Waals surface area contributed by atoms with Gasteiger partial charge in [0.25, 0.3) is 0 Å². The first kappa shape index (κ1) is 10.5. The Labute approximate surface area is 104 Å². The molecular formula is C12H16BrN3. The number of pyridine rings is 1. The molecule has 2 atom stereocenters. The van der Waals surface area contributed by atoms with E-state index in [9.17, 15) is 0 Å². The van der Waals surface area contributed by atoms with E-state index in [1.54, 1.807) is 0 Å². The fourth-order valence-electron chi connectivity index (χ4n) is 2.82. The van der Waals surface area contributed by atoms with Gasteiger partial charge in [0.05, 0.1) is 0 Å². The number of anilines is 1. The maximum atomic E-state index is 4.53. The minimum atomic E-state index is 0.660. The van der Waals surface area contributed by atoms with Crippen molar-refractivity contribution in [2.24, 2.45) is 5.92 Å². The molecule has 86 valence electrons. The summed E-state index contributed by atoms with van der Waals surface area (Å²) in [5.41, 5.74) is 1.26. The molecule has 1 N–H and O–H groups in total. The van der Waals surface area contributed by atoms with Gasteiger partial charge in [-0.1, -0.05) is 0 Å². The normalized spacial score (nSPS) is 28.5. The van der Waals surface area contributed by atoms with Gasteiger partial charge in [-0.05, 0) is 46.8 Å². The Kier molecular flexibility index (Phi) is 2.64. The van der Waals surface area contributed by atoms with Gasteiger partial charge < -0.3 is 10.2 Å². The van der Waals surface area contributed by atoms with Gasteiger partial charge >= 0.3 is 0 Å². The molecule has 0 aromatic carbocycles. The molecule has 2 saturated heterocycles. The minimum Gasteiger partial charge on any atom is -0.352 e. The number of nitrogens with zero attached hydrogens (tertiary/aromatic N) is 2. The van der Waals surface area contributed by atoms with Crippen LogP contribution in [-0.4, -0.2) is 30.7 Å². The van der Waals surface area contributed by atoms with Crippen molar-refractivity contribution in [3.8, 4) is 0 Å². The van der Waals surface area contributed by atoms with E-state index in [-0.39, 0.29) is 0 Å². The number of halogens is 1. The SMILES string of the molecule is Cc1cc(N2CC[C@H]3CNC[C@H]32)ncc1Br. The molecule has 4 heteroatoms. The van der Waals surface area contributed by atoms with Gasteiger partial charge in [-0.15, -0.1) is 0 Å². The van der Waals surface area contributed by atoms with Crippen LogP contribution in [0.1, 0.15) is 12.0 Å². The summed E-state index contributed by atoms with van der Waals surface area (Å²) in [4.78, 5) is 7.00. The molecule has 0 saturated carbocycles. The molecule has 0 spiro atoms. The van der Waals surface area contributed by atoms with Gasteiger partial charge in [0, 0.05) is 36.3 Å². The zero-order valence-electron chi connectivity index (χ0n) is 9.41. The lowest BCUT2D eigenvalue weighted by Gasteiger charge is -2.24. The number of nitrogens with one attached hydrogen (secondary N) is 1. The highest BCUT2D eigenvalue weighted by Gasteiger charge is 2.37. The van der Waals surface area contributed by atoms with Crippen LogP contribution in [0.15, 0.2) is 16.7 Å². The number of hydrogen-bond donors (Lipinski definition) is 1. The van der Waals surface area contributed by atoms with Gasteiger partial charge in [-0.3, -0.25) is 0 Å². The highest BCUT2D eigenvalue weighted by atomic mass is 79.9. The van der Waals surface area contributed by atoms with E-state index in [1.807, 2.05) is 6.20 Å². The Morgan fingerprint density at radius 2 is 2.38 bits per heavy atom. The number of aryl methyl sites for hydroxylation is 1. The predicted molar refractivity (Wildman–Crippen MR) is 68.8 cm³/mol.